The van der Waals surface area contributed by atoms with Gasteiger partial charge in [0.15, 0.2) is 0 Å². The lowest BCUT2D eigenvalue weighted by Crippen LogP contribution is -2.54. The molecule has 0 bridgehead atoms. The van der Waals surface area contributed by atoms with Crippen LogP contribution in [0.2, 0.25) is 0 Å². The number of hydrogen-bond acceptors (Lipinski definition) is 4. The Morgan fingerprint density at radius 2 is 2.06 bits per heavy atom. The van der Waals surface area contributed by atoms with Gasteiger partial charge in [-0.2, -0.15) is 0 Å². The van der Waals surface area contributed by atoms with Crippen molar-refractivity contribution in [1.82, 2.24) is 4.90 Å². The van der Waals surface area contributed by atoms with Gasteiger partial charge in [0.1, 0.15) is 0 Å². The molecular formula is C14H26N2O2. The third-order valence-corrected chi connectivity index (χ3v) is 4.93. The Hall–Kier alpha value is -0.160. The topological polar surface area (TPSA) is 47.7 Å². The number of rotatable bonds is 4. The average Bonchev–Trinajstić information content (AvgIpc) is 2.74. The largest absolute Gasteiger partial charge is 0.378 e. The van der Waals surface area contributed by atoms with Gasteiger partial charge in [0.2, 0.25) is 0 Å². The van der Waals surface area contributed by atoms with Gasteiger partial charge in [-0.1, -0.05) is 6.42 Å². The van der Waals surface area contributed by atoms with Crippen LogP contribution in [0.15, 0.2) is 0 Å². The summed E-state index contributed by atoms with van der Waals surface area (Å²) in [5, 5.41) is 0. The van der Waals surface area contributed by atoms with E-state index in [2.05, 4.69) is 4.90 Å². The molecule has 2 aliphatic heterocycles. The van der Waals surface area contributed by atoms with Crippen molar-refractivity contribution in [2.24, 2.45) is 5.73 Å². The summed E-state index contributed by atoms with van der Waals surface area (Å²) in [4.78, 5) is 2.67. The fraction of sp³-hybridized carbons (Fsp3) is 1.00. The fourth-order valence-electron chi connectivity index (χ4n) is 3.68. The third-order valence-electron chi connectivity index (χ3n) is 4.93. The highest BCUT2D eigenvalue weighted by Crippen LogP contribution is 2.37. The minimum Gasteiger partial charge on any atom is -0.378 e. The molecule has 2 unspecified atom stereocenters. The van der Waals surface area contributed by atoms with E-state index in [1.807, 2.05) is 0 Å². The second-order valence-corrected chi connectivity index (χ2v) is 6.09. The number of nitrogens with two attached hydrogens (primary N) is 1. The van der Waals surface area contributed by atoms with Crippen LogP contribution < -0.4 is 5.73 Å². The summed E-state index contributed by atoms with van der Waals surface area (Å²) in [5.41, 5.74) is 5.83. The minimum atomic E-state index is 0.0273. The maximum atomic E-state index is 6.03. The van der Waals surface area contributed by atoms with Gasteiger partial charge in [-0.05, 0) is 25.7 Å². The van der Waals surface area contributed by atoms with Crippen LogP contribution in [-0.2, 0) is 9.47 Å². The molecule has 3 aliphatic rings. The highest BCUT2D eigenvalue weighted by Gasteiger charge is 2.43. The lowest BCUT2D eigenvalue weighted by Gasteiger charge is -2.47. The molecule has 2 N–H and O–H groups in total. The van der Waals surface area contributed by atoms with E-state index in [9.17, 15) is 0 Å². The van der Waals surface area contributed by atoms with Crippen LogP contribution in [0.5, 0.6) is 0 Å². The van der Waals surface area contributed by atoms with Crippen LogP contribution in [0.4, 0.5) is 0 Å². The summed E-state index contributed by atoms with van der Waals surface area (Å²) in [6.45, 7) is 4.38. The first kappa shape index (κ1) is 12.9. The van der Waals surface area contributed by atoms with E-state index in [0.29, 0.717) is 6.04 Å². The zero-order valence-electron chi connectivity index (χ0n) is 11.3. The van der Waals surface area contributed by atoms with Crippen molar-refractivity contribution in [1.29, 1.82) is 0 Å². The van der Waals surface area contributed by atoms with Crippen molar-refractivity contribution >= 4 is 0 Å². The highest BCUT2D eigenvalue weighted by molar-refractivity contribution is 4.96. The molecule has 4 heteroatoms. The monoisotopic (exact) mass is 254 g/mol. The molecule has 0 aromatic rings. The van der Waals surface area contributed by atoms with Gasteiger partial charge in [-0.3, -0.25) is 4.90 Å². The molecule has 2 atom stereocenters. The van der Waals surface area contributed by atoms with Crippen molar-refractivity contribution in [2.75, 3.05) is 32.9 Å². The predicted molar refractivity (Wildman–Crippen MR) is 70.5 cm³/mol. The number of hydrogen-bond donors (Lipinski definition) is 1. The second kappa shape index (κ2) is 5.45. The Kier molecular flexibility index (Phi) is 3.89. The molecule has 1 saturated carbocycles. The number of ether oxygens (including phenoxy) is 2. The third kappa shape index (κ3) is 2.44. The molecule has 0 aromatic carbocycles. The Balaban J connectivity index is 1.65. The molecule has 1 aliphatic carbocycles. The summed E-state index contributed by atoms with van der Waals surface area (Å²) in [6.07, 6.45) is 7.50. The smallest absolute Gasteiger partial charge is 0.0951 e. The second-order valence-electron chi connectivity index (χ2n) is 6.09. The summed E-state index contributed by atoms with van der Waals surface area (Å²) in [7, 11) is 0. The maximum Gasteiger partial charge on any atom is 0.0951 e. The normalized spacial score (nSPS) is 37.3. The predicted octanol–water partition coefficient (Wildman–Crippen LogP) is 1.14. The fourth-order valence-corrected chi connectivity index (χ4v) is 3.68. The Morgan fingerprint density at radius 3 is 2.67 bits per heavy atom. The Labute approximate surface area is 110 Å². The van der Waals surface area contributed by atoms with Crippen LogP contribution in [0.25, 0.3) is 0 Å². The van der Waals surface area contributed by atoms with E-state index in [-0.39, 0.29) is 5.60 Å². The zero-order chi connectivity index (χ0) is 12.4. The van der Waals surface area contributed by atoms with E-state index in [1.54, 1.807) is 0 Å². The SMILES string of the molecule is NCCN(C1CCC1)C1CCOC2(CCOC2)C1. The molecule has 18 heavy (non-hydrogen) atoms. The van der Waals surface area contributed by atoms with E-state index < -0.39 is 0 Å². The van der Waals surface area contributed by atoms with Gasteiger partial charge in [0.05, 0.1) is 12.2 Å². The first-order valence-electron chi connectivity index (χ1n) is 7.50. The lowest BCUT2D eigenvalue weighted by molar-refractivity contribution is -0.114. The van der Waals surface area contributed by atoms with Gasteiger partial charge >= 0.3 is 0 Å². The standard InChI is InChI=1S/C14H26N2O2/c15-6-7-16(12-2-1-3-12)13-4-8-18-14(10-13)5-9-17-11-14/h12-13H,1-11,15H2. The van der Waals surface area contributed by atoms with Crippen molar-refractivity contribution in [2.45, 2.75) is 56.2 Å². The molecule has 4 nitrogen and oxygen atoms in total. The Morgan fingerprint density at radius 1 is 1.17 bits per heavy atom. The molecular weight excluding hydrogens is 228 g/mol. The summed E-state index contributed by atoms with van der Waals surface area (Å²) in [6, 6.07) is 1.45. The van der Waals surface area contributed by atoms with Crippen LogP contribution in [0.1, 0.15) is 38.5 Å². The maximum absolute atomic E-state index is 6.03. The van der Waals surface area contributed by atoms with Crippen molar-refractivity contribution in [3.63, 3.8) is 0 Å². The van der Waals surface area contributed by atoms with E-state index >= 15 is 0 Å². The average molecular weight is 254 g/mol. The summed E-state index contributed by atoms with van der Waals surface area (Å²) >= 11 is 0. The minimum absolute atomic E-state index is 0.0273. The highest BCUT2D eigenvalue weighted by atomic mass is 16.6. The van der Waals surface area contributed by atoms with Gasteiger partial charge < -0.3 is 15.2 Å². The van der Waals surface area contributed by atoms with Gasteiger partial charge in [0, 0.05) is 44.8 Å². The van der Waals surface area contributed by atoms with Crippen LogP contribution in [0, 0.1) is 0 Å². The van der Waals surface area contributed by atoms with Crippen LogP contribution >= 0.6 is 0 Å². The van der Waals surface area contributed by atoms with Crippen molar-refractivity contribution < 1.29 is 9.47 Å². The number of nitrogens with zero attached hydrogens (tertiary/aromatic N) is 1. The van der Waals surface area contributed by atoms with E-state index in [0.717, 1.165) is 58.2 Å². The zero-order valence-corrected chi connectivity index (χ0v) is 11.3. The summed E-state index contributed by atoms with van der Waals surface area (Å²) in [5.74, 6) is 0. The van der Waals surface area contributed by atoms with Crippen molar-refractivity contribution in [3.8, 4) is 0 Å². The lowest BCUT2D eigenvalue weighted by atomic mass is 9.84. The molecule has 0 amide bonds. The van der Waals surface area contributed by atoms with Crippen molar-refractivity contribution in [3.05, 3.63) is 0 Å². The quantitative estimate of drug-likeness (QED) is 0.817. The molecule has 104 valence electrons. The van der Waals surface area contributed by atoms with Crippen LogP contribution in [-0.4, -0.2) is 55.5 Å². The van der Waals surface area contributed by atoms with Crippen LogP contribution in [0.3, 0.4) is 0 Å². The first-order valence-corrected chi connectivity index (χ1v) is 7.50. The molecule has 3 fully saturated rings. The van der Waals surface area contributed by atoms with Gasteiger partial charge in [-0.25, -0.2) is 0 Å². The molecule has 0 radical (unpaired) electrons. The molecule has 2 saturated heterocycles. The van der Waals surface area contributed by atoms with Gasteiger partial charge in [-0.15, -0.1) is 0 Å². The van der Waals surface area contributed by atoms with E-state index in [4.69, 9.17) is 15.2 Å². The summed E-state index contributed by atoms with van der Waals surface area (Å²) < 4.78 is 11.6. The first-order chi connectivity index (χ1) is 8.83. The molecule has 2 heterocycles. The Bertz CT molecular complexity index is 275. The van der Waals surface area contributed by atoms with Gasteiger partial charge in [0.25, 0.3) is 0 Å². The molecule has 0 aromatic heterocycles. The van der Waals surface area contributed by atoms with E-state index in [1.165, 1.54) is 19.3 Å². The molecule has 3 rings (SSSR count). The molecule has 1 spiro atoms.